The molecule has 0 radical (unpaired) electrons. The van der Waals surface area contributed by atoms with Gasteiger partial charge in [0.15, 0.2) is 0 Å². The van der Waals surface area contributed by atoms with Crippen molar-refractivity contribution in [1.82, 2.24) is 0 Å². The van der Waals surface area contributed by atoms with Crippen molar-refractivity contribution in [3.63, 3.8) is 0 Å². The molecule has 0 saturated heterocycles. The molecule has 5 heteroatoms. The van der Waals surface area contributed by atoms with Gasteiger partial charge < -0.3 is 19.2 Å². The number of amides is 1. The van der Waals surface area contributed by atoms with Gasteiger partial charge in [0.25, 0.3) is 0 Å². The Morgan fingerprint density at radius 2 is 1.85 bits per heavy atom. The van der Waals surface area contributed by atoms with Gasteiger partial charge in [-0.3, -0.25) is 4.79 Å². The number of nitrogens with one attached hydrogen (secondary N) is 1. The molecule has 5 nitrogen and oxygen atoms in total. The molecule has 1 heterocycles. The summed E-state index contributed by atoms with van der Waals surface area (Å²) in [6.45, 7) is 1.39. The summed E-state index contributed by atoms with van der Waals surface area (Å²) >= 11 is 0. The van der Waals surface area contributed by atoms with E-state index in [1.54, 1.807) is 6.26 Å². The highest BCUT2D eigenvalue weighted by molar-refractivity contribution is 5.90. The Morgan fingerprint density at radius 3 is 2.67 bits per heavy atom. The fraction of sp³-hybridized carbons (Fsp3) is 0.227. The lowest BCUT2D eigenvalue weighted by atomic mass is 10.2. The molecule has 0 unspecified atom stereocenters. The maximum atomic E-state index is 12.1. The SMILES string of the molecule is O=C(CCCOc1ccccc1)Nc1cccc(COCc2ccco2)c1. The van der Waals surface area contributed by atoms with E-state index in [2.05, 4.69) is 5.32 Å². The van der Waals surface area contributed by atoms with Crippen molar-refractivity contribution in [2.45, 2.75) is 26.1 Å². The van der Waals surface area contributed by atoms with Crippen LogP contribution in [-0.2, 0) is 22.7 Å². The third-order valence-corrected chi connectivity index (χ3v) is 3.86. The van der Waals surface area contributed by atoms with Crippen LogP contribution >= 0.6 is 0 Å². The Labute approximate surface area is 158 Å². The maximum Gasteiger partial charge on any atom is 0.224 e. The highest BCUT2D eigenvalue weighted by atomic mass is 16.5. The minimum atomic E-state index is -0.0275. The molecule has 140 valence electrons. The molecule has 0 aliphatic carbocycles. The molecule has 0 spiro atoms. The molecule has 1 N–H and O–H groups in total. The van der Waals surface area contributed by atoms with E-state index in [0.29, 0.717) is 32.7 Å². The topological polar surface area (TPSA) is 60.7 Å². The molecular weight excluding hydrogens is 342 g/mol. The second-order valence-electron chi connectivity index (χ2n) is 6.09. The minimum Gasteiger partial charge on any atom is -0.494 e. The lowest BCUT2D eigenvalue weighted by Gasteiger charge is -2.09. The van der Waals surface area contributed by atoms with Gasteiger partial charge in [-0.05, 0) is 48.4 Å². The molecule has 3 rings (SSSR count). The molecule has 0 atom stereocenters. The summed E-state index contributed by atoms with van der Waals surface area (Å²) in [6.07, 6.45) is 2.69. The third-order valence-electron chi connectivity index (χ3n) is 3.86. The zero-order chi connectivity index (χ0) is 18.7. The van der Waals surface area contributed by atoms with Crippen molar-refractivity contribution in [3.8, 4) is 5.75 Å². The highest BCUT2D eigenvalue weighted by Crippen LogP contribution is 2.14. The Morgan fingerprint density at radius 1 is 0.963 bits per heavy atom. The van der Waals surface area contributed by atoms with E-state index in [-0.39, 0.29) is 5.91 Å². The van der Waals surface area contributed by atoms with Gasteiger partial charge in [0.1, 0.15) is 18.1 Å². The molecule has 1 amide bonds. The summed E-state index contributed by atoms with van der Waals surface area (Å²) in [5.41, 5.74) is 1.76. The molecule has 0 aliphatic rings. The largest absolute Gasteiger partial charge is 0.494 e. The lowest BCUT2D eigenvalue weighted by Crippen LogP contribution is -2.13. The van der Waals surface area contributed by atoms with Gasteiger partial charge in [-0.25, -0.2) is 0 Å². The van der Waals surface area contributed by atoms with Crippen LogP contribution in [0.1, 0.15) is 24.2 Å². The standard InChI is InChI=1S/C22H23NO4/c24-22(12-6-14-26-20-9-2-1-3-10-20)23-19-8-4-7-18(15-19)16-25-17-21-11-5-13-27-21/h1-5,7-11,13,15H,6,12,14,16-17H2,(H,23,24). The number of furan rings is 1. The quantitative estimate of drug-likeness (QED) is 0.525. The van der Waals surface area contributed by atoms with Crippen LogP contribution < -0.4 is 10.1 Å². The average Bonchev–Trinajstić information content (AvgIpc) is 3.20. The van der Waals surface area contributed by atoms with E-state index in [0.717, 1.165) is 22.8 Å². The summed E-state index contributed by atoms with van der Waals surface area (Å²) < 4.78 is 16.4. The van der Waals surface area contributed by atoms with Crippen molar-refractivity contribution >= 4 is 11.6 Å². The summed E-state index contributed by atoms with van der Waals surface area (Å²) in [6, 6.07) is 21.0. The zero-order valence-corrected chi connectivity index (χ0v) is 15.1. The van der Waals surface area contributed by atoms with E-state index >= 15 is 0 Å². The number of hydrogen-bond acceptors (Lipinski definition) is 4. The van der Waals surface area contributed by atoms with E-state index in [4.69, 9.17) is 13.9 Å². The maximum absolute atomic E-state index is 12.1. The minimum absolute atomic E-state index is 0.0275. The smallest absolute Gasteiger partial charge is 0.224 e. The van der Waals surface area contributed by atoms with Gasteiger partial charge in [-0.2, -0.15) is 0 Å². The first-order chi connectivity index (χ1) is 13.3. The third kappa shape index (κ3) is 6.64. The number of carbonyl (C=O) groups is 1. The summed E-state index contributed by atoms with van der Waals surface area (Å²) in [4.78, 5) is 12.1. The van der Waals surface area contributed by atoms with E-state index in [1.807, 2.05) is 66.7 Å². The van der Waals surface area contributed by atoms with Crippen LogP contribution in [0.15, 0.2) is 77.4 Å². The molecule has 2 aromatic carbocycles. The molecule has 0 bridgehead atoms. The van der Waals surface area contributed by atoms with Crippen molar-refractivity contribution < 1.29 is 18.7 Å². The zero-order valence-electron chi connectivity index (χ0n) is 15.1. The Kier molecular flexibility index (Phi) is 7.07. The normalized spacial score (nSPS) is 10.5. The van der Waals surface area contributed by atoms with Gasteiger partial charge in [-0.15, -0.1) is 0 Å². The van der Waals surface area contributed by atoms with E-state index < -0.39 is 0 Å². The van der Waals surface area contributed by atoms with Gasteiger partial charge in [-0.1, -0.05) is 30.3 Å². The second-order valence-corrected chi connectivity index (χ2v) is 6.09. The number of hydrogen-bond donors (Lipinski definition) is 1. The van der Waals surface area contributed by atoms with Gasteiger partial charge >= 0.3 is 0 Å². The van der Waals surface area contributed by atoms with Crippen molar-refractivity contribution in [3.05, 3.63) is 84.3 Å². The van der Waals surface area contributed by atoms with Gasteiger partial charge in [0.2, 0.25) is 5.91 Å². The summed E-state index contributed by atoms with van der Waals surface area (Å²) in [5, 5.41) is 2.92. The number of rotatable bonds is 10. The predicted molar refractivity (Wildman–Crippen MR) is 103 cm³/mol. The molecule has 0 fully saturated rings. The predicted octanol–water partition coefficient (Wildman–Crippen LogP) is 4.79. The second kappa shape index (κ2) is 10.2. The summed E-state index contributed by atoms with van der Waals surface area (Å²) in [5.74, 6) is 1.58. The van der Waals surface area contributed by atoms with Crippen LogP contribution in [-0.4, -0.2) is 12.5 Å². The number of ether oxygens (including phenoxy) is 2. The highest BCUT2D eigenvalue weighted by Gasteiger charge is 2.04. The molecule has 3 aromatic rings. The van der Waals surface area contributed by atoms with E-state index in [9.17, 15) is 4.79 Å². The number of carbonyl (C=O) groups excluding carboxylic acids is 1. The van der Waals surface area contributed by atoms with Crippen LogP contribution in [0.25, 0.3) is 0 Å². The molecule has 0 saturated carbocycles. The summed E-state index contributed by atoms with van der Waals surface area (Å²) in [7, 11) is 0. The van der Waals surface area contributed by atoms with Gasteiger partial charge in [0, 0.05) is 12.1 Å². The molecule has 0 aliphatic heterocycles. The fourth-order valence-electron chi connectivity index (χ4n) is 2.57. The van der Waals surface area contributed by atoms with Gasteiger partial charge in [0.05, 0.1) is 19.5 Å². The van der Waals surface area contributed by atoms with Crippen LogP contribution in [0, 0.1) is 0 Å². The number of benzene rings is 2. The first-order valence-corrected chi connectivity index (χ1v) is 8.96. The van der Waals surface area contributed by atoms with E-state index in [1.165, 1.54) is 0 Å². The Bertz CT molecular complexity index is 815. The Hall–Kier alpha value is -3.05. The Balaban J connectivity index is 1.37. The van der Waals surface area contributed by atoms with Crippen LogP contribution in [0.2, 0.25) is 0 Å². The molecule has 27 heavy (non-hydrogen) atoms. The molecule has 1 aromatic heterocycles. The van der Waals surface area contributed by atoms with Crippen molar-refractivity contribution in [2.75, 3.05) is 11.9 Å². The fourth-order valence-corrected chi connectivity index (χ4v) is 2.57. The van der Waals surface area contributed by atoms with Crippen LogP contribution in [0.5, 0.6) is 5.75 Å². The lowest BCUT2D eigenvalue weighted by molar-refractivity contribution is -0.116. The van der Waals surface area contributed by atoms with Crippen LogP contribution in [0.4, 0.5) is 5.69 Å². The van der Waals surface area contributed by atoms with Crippen LogP contribution in [0.3, 0.4) is 0 Å². The number of para-hydroxylation sites is 1. The first kappa shape index (κ1) is 18.7. The average molecular weight is 365 g/mol. The monoisotopic (exact) mass is 365 g/mol. The van der Waals surface area contributed by atoms with Crippen molar-refractivity contribution in [1.29, 1.82) is 0 Å². The first-order valence-electron chi connectivity index (χ1n) is 8.96. The van der Waals surface area contributed by atoms with Crippen molar-refractivity contribution in [2.24, 2.45) is 0 Å². The molecular formula is C22H23NO4. The number of anilines is 1.